The summed E-state index contributed by atoms with van der Waals surface area (Å²) < 4.78 is 15.5. The van der Waals surface area contributed by atoms with Crippen LogP contribution in [0.4, 0.5) is 10.1 Å². The molecule has 0 spiro atoms. The Morgan fingerprint density at radius 1 is 1.07 bits per heavy atom. The van der Waals surface area contributed by atoms with Crippen molar-refractivity contribution >= 4 is 22.0 Å². The summed E-state index contributed by atoms with van der Waals surface area (Å²) in [5, 5.41) is 14.9. The van der Waals surface area contributed by atoms with Gasteiger partial charge < -0.3 is 14.9 Å². The highest BCUT2D eigenvalue weighted by atomic mass is 32.1. The highest BCUT2D eigenvalue weighted by molar-refractivity contribution is 7.17. The molecule has 1 fully saturated rings. The van der Waals surface area contributed by atoms with Gasteiger partial charge in [0.05, 0.1) is 26.2 Å². The number of hydrogen-bond acceptors (Lipinski definition) is 5. The van der Waals surface area contributed by atoms with Gasteiger partial charge in [-0.1, -0.05) is 41.7 Å². The van der Waals surface area contributed by atoms with Gasteiger partial charge in [0.15, 0.2) is 6.04 Å². The average molecular weight is 410 g/mol. The number of benzene rings is 2. The number of anilines is 1. The topological polar surface area (TPSA) is 58.1 Å². The van der Waals surface area contributed by atoms with Crippen molar-refractivity contribution in [2.24, 2.45) is 0 Å². The summed E-state index contributed by atoms with van der Waals surface area (Å²) in [5.41, 5.74) is 2.07. The van der Waals surface area contributed by atoms with Gasteiger partial charge in [-0.15, -0.1) is 0 Å². The monoisotopic (exact) mass is 410 g/mol. The van der Waals surface area contributed by atoms with E-state index in [1.165, 1.54) is 38.8 Å². The predicted octanol–water partition coefficient (Wildman–Crippen LogP) is 2.13. The van der Waals surface area contributed by atoms with Crippen molar-refractivity contribution in [2.75, 3.05) is 31.1 Å². The minimum atomic E-state index is -0.270. The summed E-state index contributed by atoms with van der Waals surface area (Å²) in [6, 6.07) is 16.9. The lowest BCUT2D eigenvalue weighted by atomic mass is 10.0. The quantitative estimate of drug-likeness (QED) is 0.541. The van der Waals surface area contributed by atoms with Crippen LogP contribution in [0.1, 0.15) is 16.5 Å². The maximum atomic E-state index is 14.0. The molecule has 0 amide bonds. The molecule has 0 bridgehead atoms. The molecule has 1 saturated heterocycles. The van der Waals surface area contributed by atoms with Crippen LogP contribution in [0.15, 0.2) is 60.9 Å². The molecule has 3 heterocycles. The van der Waals surface area contributed by atoms with E-state index in [-0.39, 0.29) is 17.7 Å². The molecule has 2 aromatic carbocycles. The summed E-state index contributed by atoms with van der Waals surface area (Å²) >= 11 is 1.41. The summed E-state index contributed by atoms with van der Waals surface area (Å²) in [4.78, 5) is 9.29. The third kappa shape index (κ3) is 3.34. The SMILES string of the molecule is Oc1c([C@H](c2cccc(F)c2)[NH+]2CCN(c3ccccc3)CC2)sc2ncnn12. The largest absolute Gasteiger partial charge is 0.492 e. The summed E-state index contributed by atoms with van der Waals surface area (Å²) in [7, 11) is 0. The van der Waals surface area contributed by atoms with Crippen LogP contribution in [0.5, 0.6) is 5.88 Å². The molecule has 2 aromatic heterocycles. The van der Waals surface area contributed by atoms with Crippen molar-refractivity contribution in [3.63, 3.8) is 0 Å². The van der Waals surface area contributed by atoms with Crippen LogP contribution in [0, 0.1) is 5.82 Å². The second-order valence-electron chi connectivity index (χ2n) is 7.21. The Hall–Kier alpha value is -2.97. The lowest BCUT2D eigenvalue weighted by Crippen LogP contribution is -3.15. The summed E-state index contributed by atoms with van der Waals surface area (Å²) in [6.07, 6.45) is 1.43. The second kappa shape index (κ2) is 7.46. The van der Waals surface area contributed by atoms with Crippen molar-refractivity contribution in [2.45, 2.75) is 6.04 Å². The molecule has 5 rings (SSSR count). The molecule has 1 atom stereocenters. The number of aromatic nitrogens is 3. The minimum Gasteiger partial charge on any atom is -0.492 e. The molecular weight excluding hydrogens is 389 g/mol. The van der Waals surface area contributed by atoms with Crippen LogP contribution < -0.4 is 9.80 Å². The molecule has 0 saturated carbocycles. The number of para-hydroxylation sites is 1. The number of quaternary nitrogens is 1. The highest BCUT2D eigenvalue weighted by Gasteiger charge is 2.35. The van der Waals surface area contributed by atoms with Gasteiger partial charge in [-0.2, -0.15) is 9.61 Å². The molecule has 4 aromatic rings. The van der Waals surface area contributed by atoms with Crippen LogP contribution >= 0.6 is 11.3 Å². The molecule has 0 radical (unpaired) electrons. The Labute approximate surface area is 171 Å². The minimum absolute atomic E-state index is 0.0924. The van der Waals surface area contributed by atoms with Gasteiger partial charge in [-0.25, -0.2) is 9.37 Å². The molecule has 2 N–H and O–H groups in total. The van der Waals surface area contributed by atoms with E-state index in [2.05, 4.69) is 39.2 Å². The van der Waals surface area contributed by atoms with Gasteiger partial charge in [0.25, 0.3) is 0 Å². The molecular formula is C21H21FN5OS+. The number of thiazole rings is 1. The number of hydrogen-bond donors (Lipinski definition) is 2. The first-order valence-corrected chi connectivity index (χ1v) is 10.4. The molecule has 29 heavy (non-hydrogen) atoms. The Balaban J connectivity index is 1.48. The van der Waals surface area contributed by atoms with E-state index >= 15 is 0 Å². The van der Waals surface area contributed by atoms with Gasteiger partial charge in [0.2, 0.25) is 10.8 Å². The Kier molecular flexibility index (Phi) is 4.65. The Bertz CT molecular complexity index is 1120. The fourth-order valence-electron chi connectivity index (χ4n) is 4.12. The fraction of sp³-hybridized carbons (Fsp3) is 0.238. The normalized spacial score (nSPS) is 16.4. The van der Waals surface area contributed by atoms with Crippen molar-refractivity contribution in [3.8, 4) is 5.88 Å². The second-order valence-corrected chi connectivity index (χ2v) is 8.22. The maximum absolute atomic E-state index is 14.0. The lowest BCUT2D eigenvalue weighted by molar-refractivity contribution is -0.925. The number of nitrogens with one attached hydrogen (secondary N) is 1. The van der Waals surface area contributed by atoms with Crippen molar-refractivity contribution in [1.82, 2.24) is 14.6 Å². The van der Waals surface area contributed by atoms with Crippen LogP contribution in [-0.4, -0.2) is 45.9 Å². The van der Waals surface area contributed by atoms with E-state index in [9.17, 15) is 9.50 Å². The van der Waals surface area contributed by atoms with E-state index in [4.69, 9.17) is 0 Å². The number of aromatic hydroxyl groups is 1. The van der Waals surface area contributed by atoms with E-state index in [0.717, 1.165) is 36.6 Å². The predicted molar refractivity (Wildman–Crippen MR) is 110 cm³/mol. The van der Waals surface area contributed by atoms with Gasteiger partial charge in [-0.05, 0) is 24.3 Å². The fourth-order valence-corrected chi connectivity index (χ4v) is 5.24. The number of nitrogens with zero attached hydrogens (tertiary/aromatic N) is 4. The maximum Gasteiger partial charge on any atom is 0.235 e. The molecule has 8 heteroatoms. The first-order valence-electron chi connectivity index (χ1n) is 9.62. The van der Waals surface area contributed by atoms with Crippen molar-refractivity contribution in [3.05, 3.63) is 77.2 Å². The van der Waals surface area contributed by atoms with Crippen LogP contribution in [0.25, 0.3) is 4.96 Å². The van der Waals surface area contributed by atoms with E-state index in [1.54, 1.807) is 12.1 Å². The Morgan fingerprint density at radius 2 is 1.86 bits per heavy atom. The summed E-state index contributed by atoms with van der Waals surface area (Å²) in [5.74, 6) is -0.177. The van der Waals surface area contributed by atoms with Gasteiger partial charge in [-0.3, -0.25) is 0 Å². The van der Waals surface area contributed by atoms with Crippen LogP contribution in [-0.2, 0) is 0 Å². The standard InChI is InChI=1S/C21H20FN5OS/c22-16-6-4-5-15(13-16)18(19-20(28)27-21(29-19)23-14-24-27)26-11-9-25(10-12-26)17-7-2-1-3-8-17/h1-8,13-14,18,28H,9-12H2/p+1/t18-/m0/s1. The molecule has 1 aliphatic rings. The van der Waals surface area contributed by atoms with Crippen LogP contribution in [0.2, 0.25) is 0 Å². The highest BCUT2D eigenvalue weighted by Crippen LogP contribution is 2.34. The van der Waals surface area contributed by atoms with Crippen molar-refractivity contribution in [1.29, 1.82) is 0 Å². The Morgan fingerprint density at radius 3 is 2.59 bits per heavy atom. The molecule has 148 valence electrons. The van der Waals surface area contributed by atoms with E-state index < -0.39 is 0 Å². The lowest BCUT2D eigenvalue weighted by Gasteiger charge is -2.37. The molecule has 0 aliphatic carbocycles. The first kappa shape index (κ1) is 18.1. The number of rotatable bonds is 4. The zero-order chi connectivity index (χ0) is 19.8. The third-order valence-corrected chi connectivity index (χ3v) is 6.62. The molecule has 6 nitrogen and oxygen atoms in total. The first-order chi connectivity index (χ1) is 14.2. The molecule has 0 unspecified atom stereocenters. The van der Waals surface area contributed by atoms with Gasteiger partial charge >= 0.3 is 0 Å². The van der Waals surface area contributed by atoms with E-state index in [1.807, 2.05) is 12.1 Å². The number of halogens is 1. The third-order valence-electron chi connectivity index (χ3n) is 5.52. The van der Waals surface area contributed by atoms with Gasteiger partial charge in [0.1, 0.15) is 17.0 Å². The van der Waals surface area contributed by atoms with Gasteiger partial charge in [0, 0.05) is 11.3 Å². The van der Waals surface area contributed by atoms with Crippen LogP contribution in [0.3, 0.4) is 0 Å². The zero-order valence-electron chi connectivity index (χ0n) is 15.7. The zero-order valence-corrected chi connectivity index (χ0v) is 16.5. The average Bonchev–Trinajstić information content (AvgIpc) is 3.33. The smallest absolute Gasteiger partial charge is 0.235 e. The van der Waals surface area contributed by atoms with Crippen molar-refractivity contribution < 1.29 is 14.4 Å². The number of fused-ring (bicyclic) bond motifs is 1. The van der Waals surface area contributed by atoms with E-state index in [0.29, 0.717) is 4.96 Å². The number of piperazine rings is 1. The summed E-state index contributed by atoms with van der Waals surface area (Å²) in [6.45, 7) is 3.55. The molecule has 1 aliphatic heterocycles.